The maximum atomic E-state index is 14.2. The van der Waals surface area contributed by atoms with Crippen molar-refractivity contribution in [2.75, 3.05) is 37.5 Å². The second-order valence-electron chi connectivity index (χ2n) is 11.7. The number of rotatable bonds is 12. The Labute approximate surface area is 246 Å². The minimum atomic E-state index is -1.14. The van der Waals surface area contributed by atoms with E-state index in [4.69, 9.17) is 14.2 Å². The minimum Gasteiger partial charge on any atom is -0.497 e. The number of carbonyl (C=O) groups is 3. The van der Waals surface area contributed by atoms with E-state index in [-0.39, 0.29) is 30.2 Å². The van der Waals surface area contributed by atoms with Gasteiger partial charge in [-0.25, -0.2) is 0 Å². The van der Waals surface area contributed by atoms with Crippen LogP contribution in [0.1, 0.15) is 46.5 Å². The predicted molar refractivity (Wildman–Crippen MR) is 157 cm³/mol. The standard InChI is InChI=1S/C32H41N3O7/c1-5-41-24-15-11-21(12-16-24)33-28(37)25-26-30(39)35(17-7-6-8-18-36)27(32(26)19-20(2)31(25,3)42-32)29(38)34-22-9-13-23(40-4)14-10-22/h9-16,20,25-27,36H,5-8,17-19H2,1-4H3,(H,33,37)(H,34,38)/t20?,25-,26+,27?,31+,32?/m1/s1. The van der Waals surface area contributed by atoms with Gasteiger partial charge in [-0.2, -0.15) is 0 Å². The number of aliphatic hydroxyl groups excluding tert-OH is 1. The summed E-state index contributed by atoms with van der Waals surface area (Å²) < 4.78 is 17.5. The summed E-state index contributed by atoms with van der Waals surface area (Å²) in [4.78, 5) is 43.8. The topological polar surface area (TPSA) is 126 Å². The van der Waals surface area contributed by atoms with Gasteiger partial charge in [0, 0.05) is 24.5 Å². The van der Waals surface area contributed by atoms with E-state index in [1.54, 1.807) is 60.5 Å². The van der Waals surface area contributed by atoms with E-state index in [1.165, 1.54) is 0 Å². The molecular formula is C32H41N3O7. The van der Waals surface area contributed by atoms with Crippen LogP contribution >= 0.6 is 0 Å². The largest absolute Gasteiger partial charge is 0.497 e. The first kappa shape index (κ1) is 29.8. The average Bonchev–Trinajstić information content (AvgIpc) is 3.49. The van der Waals surface area contributed by atoms with E-state index in [9.17, 15) is 19.5 Å². The van der Waals surface area contributed by atoms with Crippen molar-refractivity contribution in [2.24, 2.45) is 17.8 Å². The molecule has 0 aromatic heterocycles. The van der Waals surface area contributed by atoms with Crippen molar-refractivity contribution < 1.29 is 33.7 Å². The Morgan fingerprint density at radius 3 is 2.21 bits per heavy atom. The highest BCUT2D eigenvalue weighted by Gasteiger charge is 2.79. The monoisotopic (exact) mass is 579 g/mol. The summed E-state index contributed by atoms with van der Waals surface area (Å²) in [5, 5.41) is 15.2. The quantitative estimate of drug-likeness (QED) is 0.326. The van der Waals surface area contributed by atoms with Crippen molar-refractivity contribution >= 4 is 29.1 Å². The number of hydrogen-bond acceptors (Lipinski definition) is 7. The molecule has 3 unspecified atom stereocenters. The van der Waals surface area contributed by atoms with Gasteiger partial charge in [0.05, 0.1) is 31.2 Å². The Bertz CT molecular complexity index is 1300. The Morgan fingerprint density at radius 2 is 1.62 bits per heavy atom. The number of likely N-dealkylation sites (tertiary alicyclic amines) is 1. The molecule has 10 nitrogen and oxygen atoms in total. The molecule has 3 fully saturated rings. The Kier molecular flexibility index (Phi) is 8.48. The highest BCUT2D eigenvalue weighted by molar-refractivity contribution is 6.05. The predicted octanol–water partition coefficient (Wildman–Crippen LogP) is 3.84. The normalized spacial score (nSPS) is 29.4. The smallest absolute Gasteiger partial charge is 0.250 e. The van der Waals surface area contributed by atoms with E-state index >= 15 is 0 Å². The van der Waals surface area contributed by atoms with Crippen LogP contribution < -0.4 is 20.1 Å². The number of carbonyl (C=O) groups excluding carboxylic acids is 3. The van der Waals surface area contributed by atoms with Crippen LogP contribution in [0.5, 0.6) is 11.5 Å². The molecule has 0 aliphatic carbocycles. The van der Waals surface area contributed by atoms with Gasteiger partial charge in [-0.3, -0.25) is 14.4 Å². The molecule has 42 heavy (non-hydrogen) atoms. The first-order valence-corrected chi connectivity index (χ1v) is 14.8. The number of methoxy groups -OCH3 is 1. The molecule has 3 saturated heterocycles. The van der Waals surface area contributed by atoms with Crippen LogP contribution in [-0.4, -0.2) is 71.8 Å². The number of hydrogen-bond donors (Lipinski definition) is 3. The fourth-order valence-corrected chi connectivity index (χ4v) is 7.16. The maximum absolute atomic E-state index is 14.2. The molecule has 3 heterocycles. The molecule has 10 heteroatoms. The fourth-order valence-electron chi connectivity index (χ4n) is 7.16. The van der Waals surface area contributed by atoms with Crippen molar-refractivity contribution in [3.05, 3.63) is 48.5 Å². The van der Waals surface area contributed by atoms with Gasteiger partial charge in [-0.1, -0.05) is 6.92 Å². The summed E-state index contributed by atoms with van der Waals surface area (Å²) in [5.74, 6) is -1.17. The number of nitrogens with one attached hydrogen (secondary N) is 2. The van der Waals surface area contributed by atoms with Crippen LogP contribution in [0, 0.1) is 17.8 Å². The summed E-state index contributed by atoms with van der Waals surface area (Å²) in [7, 11) is 1.57. The summed E-state index contributed by atoms with van der Waals surface area (Å²) in [5.41, 5.74) is -0.891. The van der Waals surface area contributed by atoms with E-state index < -0.39 is 29.1 Å². The molecule has 3 N–H and O–H groups in total. The van der Waals surface area contributed by atoms with Gasteiger partial charge in [0.25, 0.3) is 0 Å². The lowest BCUT2D eigenvalue weighted by atomic mass is 9.62. The second-order valence-corrected chi connectivity index (χ2v) is 11.7. The number of aliphatic hydroxyl groups is 1. The number of ether oxygens (including phenoxy) is 3. The highest BCUT2D eigenvalue weighted by Crippen LogP contribution is 2.65. The van der Waals surface area contributed by atoms with Crippen LogP contribution in [0.3, 0.4) is 0 Å². The van der Waals surface area contributed by atoms with Crippen molar-refractivity contribution in [1.82, 2.24) is 4.90 Å². The second kappa shape index (κ2) is 11.9. The molecule has 226 valence electrons. The van der Waals surface area contributed by atoms with Crippen molar-refractivity contribution in [3.63, 3.8) is 0 Å². The first-order valence-electron chi connectivity index (χ1n) is 14.8. The Hall–Kier alpha value is -3.63. The zero-order valence-corrected chi connectivity index (χ0v) is 24.7. The number of fused-ring (bicyclic) bond motifs is 1. The molecule has 2 bridgehead atoms. The van der Waals surface area contributed by atoms with E-state index in [0.717, 1.165) is 0 Å². The molecule has 2 aromatic carbocycles. The molecule has 3 amide bonds. The van der Waals surface area contributed by atoms with Crippen LogP contribution in [0.2, 0.25) is 0 Å². The lowest BCUT2D eigenvalue weighted by Crippen LogP contribution is -2.54. The summed E-state index contributed by atoms with van der Waals surface area (Å²) in [6.45, 7) is 6.76. The third-order valence-corrected chi connectivity index (χ3v) is 9.19. The lowest BCUT2D eigenvalue weighted by molar-refractivity contribution is -0.144. The van der Waals surface area contributed by atoms with E-state index in [0.29, 0.717) is 61.7 Å². The molecule has 6 atom stereocenters. The van der Waals surface area contributed by atoms with Crippen molar-refractivity contribution in [2.45, 2.75) is 63.7 Å². The van der Waals surface area contributed by atoms with Gasteiger partial charge >= 0.3 is 0 Å². The number of anilines is 2. The van der Waals surface area contributed by atoms with Gasteiger partial charge in [0.1, 0.15) is 23.1 Å². The molecule has 5 rings (SSSR count). The van der Waals surface area contributed by atoms with Crippen LogP contribution in [0.15, 0.2) is 48.5 Å². The van der Waals surface area contributed by atoms with Gasteiger partial charge in [-0.15, -0.1) is 0 Å². The molecule has 3 aliphatic heterocycles. The molecule has 0 saturated carbocycles. The SMILES string of the molecule is CCOc1ccc(NC(=O)[C@H]2[C@H]3C(=O)N(CCCCCO)C(C(=O)Nc4ccc(OC)cc4)C34CC(C)[C@]2(C)O4)cc1. The maximum Gasteiger partial charge on any atom is 0.250 e. The van der Waals surface area contributed by atoms with Crippen LogP contribution in [-0.2, 0) is 19.1 Å². The van der Waals surface area contributed by atoms with Crippen LogP contribution in [0.25, 0.3) is 0 Å². The molecule has 3 aliphatic rings. The fraction of sp³-hybridized carbons (Fsp3) is 0.531. The van der Waals surface area contributed by atoms with Crippen molar-refractivity contribution in [3.8, 4) is 11.5 Å². The zero-order chi connectivity index (χ0) is 30.1. The van der Waals surface area contributed by atoms with E-state index in [2.05, 4.69) is 10.6 Å². The van der Waals surface area contributed by atoms with Gasteiger partial charge in [-0.05, 0) is 94.0 Å². The molecule has 1 spiro atoms. The van der Waals surface area contributed by atoms with Crippen molar-refractivity contribution in [1.29, 1.82) is 0 Å². The summed E-state index contributed by atoms with van der Waals surface area (Å²) in [6, 6.07) is 13.2. The number of amides is 3. The Morgan fingerprint density at radius 1 is 1.00 bits per heavy atom. The zero-order valence-electron chi connectivity index (χ0n) is 24.7. The summed E-state index contributed by atoms with van der Waals surface area (Å²) in [6.07, 6.45) is 2.43. The number of benzene rings is 2. The van der Waals surface area contributed by atoms with Gasteiger partial charge < -0.3 is 34.9 Å². The highest BCUT2D eigenvalue weighted by atomic mass is 16.5. The number of nitrogens with zero attached hydrogens (tertiary/aromatic N) is 1. The molecule has 2 aromatic rings. The third kappa shape index (κ3) is 5.11. The van der Waals surface area contributed by atoms with E-state index in [1.807, 2.05) is 20.8 Å². The number of unbranched alkanes of at least 4 members (excludes halogenated alkanes) is 2. The Balaban J connectivity index is 1.45. The molecular weight excluding hydrogens is 538 g/mol. The average molecular weight is 580 g/mol. The van der Waals surface area contributed by atoms with Gasteiger partial charge in [0.15, 0.2) is 0 Å². The van der Waals surface area contributed by atoms with Gasteiger partial charge in [0.2, 0.25) is 17.7 Å². The molecule has 0 radical (unpaired) electrons. The minimum absolute atomic E-state index is 0.0642. The van der Waals surface area contributed by atoms with Crippen LogP contribution in [0.4, 0.5) is 11.4 Å². The third-order valence-electron chi connectivity index (χ3n) is 9.19. The lowest BCUT2D eigenvalue weighted by Gasteiger charge is -2.36. The first-order chi connectivity index (χ1) is 20.2. The summed E-state index contributed by atoms with van der Waals surface area (Å²) >= 11 is 0.